The maximum absolute atomic E-state index is 12.4. The minimum Gasteiger partial charge on any atom is -0.285 e. The van der Waals surface area contributed by atoms with Crippen LogP contribution in [0.1, 0.15) is 0 Å². The largest absolute Gasteiger partial charge is 0.285 e. The van der Waals surface area contributed by atoms with Crippen molar-refractivity contribution < 1.29 is 9.85 Å². The molecule has 0 amide bonds. The molecule has 26 heavy (non-hydrogen) atoms. The zero-order valence-corrected chi connectivity index (χ0v) is 12.5. The van der Waals surface area contributed by atoms with E-state index in [4.69, 9.17) is 0 Å². The quantitative estimate of drug-likeness (QED) is 0.221. The molecular weight excluding hydrogens is 348 g/mol. The molecule has 126 valence electrons. The lowest BCUT2D eigenvalue weighted by Crippen LogP contribution is -2.31. The Morgan fingerprint density at radius 3 is 0.962 bits per heavy atom. The zero-order valence-electron chi connectivity index (χ0n) is 12.5. The Hall–Kier alpha value is -4.08. The van der Waals surface area contributed by atoms with Crippen LogP contribution in [-0.2, 0) is 0 Å². The predicted octanol–water partition coefficient (Wildman–Crippen LogP) is 0.668. The number of hydrogen-bond donors (Lipinski definition) is 0. The standard InChI is InChI=1S/C16H4N2O8/c19-13-7-1-5(17(23)24)2-8-11(7)12-9(14(13)20)3-6(18(25)26)4-10(12)16(22)15(8)21/h1-4H. The number of nitro benzene ring substituents is 2. The van der Waals surface area contributed by atoms with Crippen molar-refractivity contribution in [3.8, 4) is 11.1 Å². The van der Waals surface area contributed by atoms with Crippen LogP contribution in [0.15, 0.2) is 43.4 Å². The Morgan fingerprint density at radius 2 is 0.769 bits per heavy atom. The van der Waals surface area contributed by atoms with E-state index in [1.165, 1.54) is 0 Å². The lowest BCUT2D eigenvalue weighted by Gasteiger charge is -2.13. The fourth-order valence-corrected chi connectivity index (χ4v) is 3.21. The van der Waals surface area contributed by atoms with Gasteiger partial charge in [-0.2, -0.15) is 0 Å². The Kier molecular flexibility index (Phi) is 2.81. The Morgan fingerprint density at radius 1 is 0.538 bits per heavy atom. The van der Waals surface area contributed by atoms with Crippen molar-refractivity contribution in [3.05, 3.63) is 85.4 Å². The van der Waals surface area contributed by atoms with Gasteiger partial charge in [0.15, 0.2) is 0 Å². The molecule has 2 aliphatic rings. The van der Waals surface area contributed by atoms with Gasteiger partial charge in [-0.3, -0.25) is 39.4 Å². The molecule has 2 aliphatic carbocycles. The van der Waals surface area contributed by atoms with E-state index < -0.39 is 42.9 Å². The number of rotatable bonds is 2. The molecule has 0 unspecified atom stereocenters. The van der Waals surface area contributed by atoms with E-state index >= 15 is 0 Å². The summed E-state index contributed by atoms with van der Waals surface area (Å²) in [7, 11) is 0. The molecule has 0 radical (unpaired) electrons. The fraction of sp³-hybridized carbons (Fsp3) is 0. The summed E-state index contributed by atoms with van der Waals surface area (Å²) in [4.78, 5) is 69.9. The molecule has 0 saturated carbocycles. The molecule has 10 nitrogen and oxygen atoms in total. The van der Waals surface area contributed by atoms with Crippen LogP contribution >= 0.6 is 0 Å². The minimum absolute atomic E-state index is 0.0790. The summed E-state index contributed by atoms with van der Waals surface area (Å²) in [6.45, 7) is 0. The van der Waals surface area contributed by atoms with Crippen LogP contribution in [0.4, 0.5) is 11.4 Å². The molecule has 0 saturated heterocycles. The molecule has 0 bridgehead atoms. The second-order valence-electron chi connectivity index (χ2n) is 5.66. The van der Waals surface area contributed by atoms with Crippen LogP contribution in [0.5, 0.6) is 0 Å². The van der Waals surface area contributed by atoms with Gasteiger partial charge in [0, 0.05) is 56.9 Å². The molecule has 10 heteroatoms. The smallest absolute Gasteiger partial charge is 0.270 e. The van der Waals surface area contributed by atoms with Gasteiger partial charge in [-0.05, 0) is 0 Å². The summed E-state index contributed by atoms with van der Waals surface area (Å²) >= 11 is 0. The van der Waals surface area contributed by atoms with Crippen LogP contribution in [-0.4, -0.2) is 9.85 Å². The highest BCUT2D eigenvalue weighted by Gasteiger charge is 2.29. The van der Waals surface area contributed by atoms with Gasteiger partial charge in [0.1, 0.15) is 0 Å². The lowest BCUT2D eigenvalue weighted by atomic mass is 9.86. The summed E-state index contributed by atoms with van der Waals surface area (Å²) < 4.78 is 0. The number of non-ortho nitro benzene ring substituents is 2. The lowest BCUT2D eigenvalue weighted by molar-refractivity contribution is -0.384. The maximum atomic E-state index is 12.4. The first-order chi connectivity index (χ1) is 12.2. The molecule has 0 atom stereocenters. The molecule has 0 aromatic heterocycles. The van der Waals surface area contributed by atoms with E-state index in [9.17, 15) is 39.4 Å². The Bertz CT molecular complexity index is 1260. The Labute approximate surface area is 140 Å². The van der Waals surface area contributed by atoms with Gasteiger partial charge in [-0.1, -0.05) is 0 Å². The highest BCUT2D eigenvalue weighted by atomic mass is 16.6. The fourth-order valence-electron chi connectivity index (χ4n) is 3.21. The van der Waals surface area contributed by atoms with Gasteiger partial charge in [0.25, 0.3) is 11.4 Å². The summed E-state index contributed by atoms with van der Waals surface area (Å²) in [5.74, 6) is 0. The van der Waals surface area contributed by atoms with Gasteiger partial charge < -0.3 is 0 Å². The monoisotopic (exact) mass is 352 g/mol. The minimum atomic E-state index is -1.13. The zero-order chi connectivity index (χ0) is 18.9. The molecule has 0 N–H and O–H groups in total. The first-order valence-corrected chi connectivity index (χ1v) is 7.05. The SMILES string of the molecule is O=c1c(=O)c2cc([N+](=O)[O-])cc3c2-c2c1cc([N+](=O)[O-])cc2c(=O)c3=O. The van der Waals surface area contributed by atoms with Crippen LogP contribution in [0.25, 0.3) is 32.7 Å². The molecule has 0 heterocycles. The highest BCUT2D eigenvalue weighted by Crippen LogP contribution is 2.37. The summed E-state index contributed by atoms with van der Waals surface area (Å²) in [6, 6.07) is 3.43. The van der Waals surface area contributed by atoms with E-state index in [0.717, 1.165) is 24.3 Å². The Balaban J connectivity index is 2.47. The summed E-state index contributed by atoms with van der Waals surface area (Å²) in [6.07, 6.45) is 0. The van der Waals surface area contributed by atoms with Crippen molar-refractivity contribution in [2.24, 2.45) is 0 Å². The first-order valence-electron chi connectivity index (χ1n) is 7.05. The number of benzene rings is 4. The topological polar surface area (TPSA) is 155 Å². The summed E-state index contributed by atoms with van der Waals surface area (Å²) in [5, 5.41) is 20.6. The first kappa shape index (κ1) is 15.4. The highest BCUT2D eigenvalue weighted by molar-refractivity contribution is 6.12. The maximum Gasteiger partial charge on any atom is 0.270 e. The van der Waals surface area contributed by atoms with Crippen molar-refractivity contribution in [1.82, 2.24) is 0 Å². The second kappa shape index (κ2) is 4.72. The molecule has 2 aromatic rings. The molecule has 0 fully saturated rings. The summed E-state index contributed by atoms with van der Waals surface area (Å²) in [5.41, 5.74) is -5.92. The van der Waals surface area contributed by atoms with Gasteiger partial charge in [0.05, 0.1) is 9.85 Å². The number of nitrogens with zero attached hydrogens (tertiary/aromatic N) is 2. The van der Waals surface area contributed by atoms with Gasteiger partial charge in [-0.25, -0.2) is 0 Å². The van der Waals surface area contributed by atoms with Crippen molar-refractivity contribution >= 4 is 32.9 Å². The van der Waals surface area contributed by atoms with Gasteiger partial charge in [-0.15, -0.1) is 0 Å². The van der Waals surface area contributed by atoms with Gasteiger partial charge >= 0.3 is 0 Å². The molecular formula is C16H4N2O8. The van der Waals surface area contributed by atoms with E-state index in [2.05, 4.69) is 0 Å². The molecule has 0 aliphatic heterocycles. The van der Waals surface area contributed by atoms with Crippen molar-refractivity contribution in [2.75, 3.05) is 0 Å². The third-order valence-corrected chi connectivity index (χ3v) is 4.31. The average molecular weight is 352 g/mol. The van der Waals surface area contributed by atoms with Crippen molar-refractivity contribution in [1.29, 1.82) is 0 Å². The van der Waals surface area contributed by atoms with Gasteiger partial charge in [0.2, 0.25) is 21.7 Å². The third kappa shape index (κ3) is 1.75. The third-order valence-electron chi connectivity index (χ3n) is 4.31. The molecule has 4 rings (SSSR count). The van der Waals surface area contributed by atoms with Crippen molar-refractivity contribution in [2.45, 2.75) is 0 Å². The van der Waals surface area contributed by atoms with Crippen LogP contribution in [0.3, 0.4) is 0 Å². The van der Waals surface area contributed by atoms with Crippen LogP contribution in [0.2, 0.25) is 0 Å². The van der Waals surface area contributed by atoms with Crippen LogP contribution in [0, 0.1) is 20.2 Å². The number of nitro groups is 2. The number of hydrogen-bond acceptors (Lipinski definition) is 8. The van der Waals surface area contributed by atoms with E-state index in [1.807, 2.05) is 0 Å². The second-order valence-corrected chi connectivity index (χ2v) is 5.66. The predicted molar refractivity (Wildman–Crippen MR) is 90.0 cm³/mol. The van der Waals surface area contributed by atoms with Crippen LogP contribution < -0.4 is 21.7 Å². The van der Waals surface area contributed by atoms with E-state index in [-0.39, 0.29) is 32.7 Å². The average Bonchev–Trinajstić information content (AvgIpc) is 2.61. The van der Waals surface area contributed by atoms with E-state index in [1.54, 1.807) is 0 Å². The molecule has 2 aromatic carbocycles. The normalized spacial score (nSPS) is 11.5. The molecule has 0 spiro atoms. The van der Waals surface area contributed by atoms with E-state index in [0.29, 0.717) is 0 Å². The van der Waals surface area contributed by atoms with Crippen molar-refractivity contribution in [3.63, 3.8) is 0 Å².